The van der Waals surface area contributed by atoms with E-state index >= 15 is 0 Å². The average molecular weight is 209 g/mol. The van der Waals surface area contributed by atoms with Crippen LogP contribution in [0.25, 0.3) is 0 Å². The van der Waals surface area contributed by atoms with E-state index < -0.39 is 0 Å². The first-order valence-electron chi connectivity index (χ1n) is 5.78. The Bertz CT molecular complexity index is 416. The van der Waals surface area contributed by atoms with E-state index in [9.17, 15) is 0 Å². The van der Waals surface area contributed by atoms with E-state index in [-0.39, 0.29) is 5.54 Å². The second kappa shape index (κ2) is 3.76. The van der Waals surface area contributed by atoms with Gasteiger partial charge in [0.25, 0.3) is 0 Å². The predicted octanol–water partition coefficient (Wildman–Crippen LogP) is 2.92. The highest BCUT2D eigenvalue weighted by molar-refractivity contribution is 5.40. The van der Waals surface area contributed by atoms with Crippen molar-refractivity contribution in [2.45, 2.75) is 12.0 Å². The molecule has 1 N–H and O–H groups in total. The molecule has 1 aliphatic heterocycles. The van der Waals surface area contributed by atoms with Gasteiger partial charge < -0.3 is 5.32 Å². The van der Waals surface area contributed by atoms with Crippen LogP contribution in [0.4, 0.5) is 0 Å². The summed E-state index contributed by atoms with van der Waals surface area (Å²) in [5.41, 5.74) is 2.79. The van der Waals surface area contributed by atoms with Crippen LogP contribution in [0.3, 0.4) is 0 Å². The summed E-state index contributed by atoms with van der Waals surface area (Å²) in [6.07, 6.45) is 1.18. The van der Waals surface area contributed by atoms with Crippen molar-refractivity contribution < 1.29 is 0 Å². The Balaban J connectivity index is 2.08. The van der Waals surface area contributed by atoms with Gasteiger partial charge in [-0.2, -0.15) is 0 Å². The summed E-state index contributed by atoms with van der Waals surface area (Å²) < 4.78 is 0. The van der Waals surface area contributed by atoms with Gasteiger partial charge in [0.2, 0.25) is 0 Å². The van der Waals surface area contributed by atoms with Gasteiger partial charge in [-0.3, -0.25) is 0 Å². The van der Waals surface area contributed by atoms with Crippen LogP contribution in [-0.2, 0) is 5.54 Å². The highest BCUT2D eigenvalue weighted by Crippen LogP contribution is 2.37. The molecule has 0 aromatic heterocycles. The predicted molar refractivity (Wildman–Crippen MR) is 66.3 cm³/mol. The molecular weight excluding hydrogens is 194 g/mol. The molecule has 0 amide bonds. The van der Waals surface area contributed by atoms with Crippen LogP contribution in [-0.4, -0.2) is 6.54 Å². The zero-order valence-electron chi connectivity index (χ0n) is 9.19. The van der Waals surface area contributed by atoms with E-state index in [2.05, 4.69) is 66.0 Å². The Labute approximate surface area is 96.1 Å². The minimum atomic E-state index is 0.0581. The maximum Gasteiger partial charge on any atom is 0.0702 e. The van der Waals surface area contributed by atoms with Crippen molar-refractivity contribution in [3.63, 3.8) is 0 Å². The van der Waals surface area contributed by atoms with Crippen LogP contribution in [0, 0.1) is 0 Å². The molecule has 1 nitrogen and oxygen atoms in total. The third kappa shape index (κ3) is 1.36. The molecule has 0 spiro atoms. The third-order valence-corrected chi connectivity index (χ3v) is 3.46. The smallest absolute Gasteiger partial charge is 0.0702 e. The molecule has 0 unspecified atom stereocenters. The molecule has 1 fully saturated rings. The minimum absolute atomic E-state index is 0.0581. The molecule has 16 heavy (non-hydrogen) atoms. The summed E-state index contributed by atoms with van der Waals surface area (Å²) in [4.78, 5) is 0. The number of hydrogen-bond acceptors (Lipinski definition) is 1. The molecule has 0 bridgehead atoms. The van der Waals surface area contributed by atoms with Crippen molar-refractivity contribution in [1.29, 1.82) is 0 Å². The quantitative estimate of drug-likeness (QED) is 0.802. The fourth-order valence-corrected chi connectivity index (χ4v) is 2.48. The molecule has 3 rings (SSSR count). The van der Waals surface area contributed by atoms with Crippen molar-refractivity contribution in [2.24, 2.45) is 0 Å². The van der Waals surface area contributed by atoms with Crippen LogP contribution in [0.2, 0.25) is 0 Å². The maximum absolute atomic E-state index is 3.59. The van der Waals surface area contributed by atoms with Gasteiger partial charge in [0.1, 0.15) is 0 Å². The molecule has 1 heterocycles. The first-order chi connectivity index (χ1) is 7.92. The van der Waals surface area contributed by atoms with Crippen molar-refractivity contribution in [3.8, 4) is 0 Å². The van der Waals surface area contributed by atoms with Crippen LogP contribution in [0.1, 0.15) is 17.5 Å². The number of nitrogens with one attached hydrogen (secondary N) is 1. The van der Waals surface area contributed by atoms with Crippen LogP contribution < -0.4 is 5.32 Å². The average Bonchev–Trinajstić information content (AvgIpc) is 2.31. The number of rotatable bonds is 2. The highest BCUT2D eigenvalue weighted by Gasteiger charge is 2.39. The van der Waals surface area contributed by atoms with E-state index in [4.69, 9.17) is 0 Å². The standard InChI is InChI=1S/C15H15N/c1-3-7-13(8-4-1)15(11-12-16-15)14-9-5-2-6-10-14/h1-10,16H,11-12H2. The second-order valence-corrected chi connectivity index (χ2v) is 4.31. The van der Waals surface area contributed by atoms with E-state index in [1.165, 1.54) is 17.5 Å². The Morgan fingerprint density at radius 2 is 1.19 bits per heavy atom. The first kappa shape index (κ1) is 9.61. The molecule has 1 aliphatic rings. The van der Waals surface area contributed by atoms with Gasteiger partial charge >= 0.3 is 0 Å². The first-order valence-corrected chi connectivity index (χ1v) is 5.78. The summed E-state index contributed by atoms with van der Waals surface area (Å²) >= 11 is 0. The van der Waals surface area contributed by atoms with Crippen LogP contribution >= 0.6 is 0 Å². The van der Waals surface area contributed by atoms with Crippen molar-refractivity contribution in [3.05, 3.63) is 71.8 Å². The van der Waals surface area contributed by atoms with Gasteiger partial charge in [0, 0.05) is 0 Å². The Hall–Kier alpha value is -1.60. The van der Waals surface area contributed by atoms with Crippen molar-refractivity contribution >= 4 is 0 Å². The number of benzene rings is 2. The molecule has 0 saturated carbocycles. The van der Waals surface area contributed by atoms with Gasteiger partial charge in [-0.15, -0.1) is 0 Å². The van der Waals surface area contributed by atoms with Gasteiger partial charge in [-0.05, 0) is 24.1 Å². The molecule has 0 radical (unpaired) electrons. The van der Waals surface area contributed by atoms with Gasteiger partial charge in [0.05, 0.1) is 5.54 Å². The van der Waals surface area contributed by atoms with Gasteiger partial charge in [-0.25, -0.2) is 0 Å². The molecule has 0 atom stereocenters. The highest BCUT2D eigenvalue weighted by atomic mass is 15.0. The third-order valence-electron chi connectivity index (χ3n) is 3.46. The van der Waals surface area contributed by atoms with Crippen molar-refractivity contribution in [1.82, 2.24) is 5.32 Å². The van der Waals surface area contributed by atoms with Crippen LogP contribution in [0.15, 0.2) is 60.7 Å². The van der Waals surface area contributed by atoms with Crippen LogP contribution in [0.5, 0.6) is 0 Å². The summed E-state index contributed by atoms with van der Waals surface area (Å²) in [7, 11) is 0. The van der Waals surface area contributed by atoms with Crippen molar-refractivity contribution in [2.75, 3.05) is 6.54 Å². The SMILES string of the molecule is c1ccc(C2(c3ccccc3)CCN2)cc1. The molecule has 80 valence electrons. The van der Waals surface area contributed by atoms with E-state index in [1.807, 2.05) is 0 Å². The van der Waals surface area contributed by atoms with Gasteiger partial charge in [0.15, 0.2) is 0 Å². The Morgan fingerprint density at radius 1 is 0.750 bits per heavy atom. The lowest BCUT2D eigenvalue weighted by atomic mass is 9.75. The fraction of sp³-hybridized carbons (Fsp3) is 0.200. The van der Waals surface area contributed by atoms with E-state index in [1.54, 1.807) is 0 Å². The van der Waals surface area contributed by atoms with Gasteiger partial charge in [-0.1, -0.05) is 60.7 Å². The lowest BCUT2D eigenvalue weighted by Crippen LogP contribution is -2.54. The molecule has 0 aliphatic carbocycles. The summed E-state index contributed by atoms with van der Waals surface area (Å²) in [5.74, 6) is 0. The topological polar surface area (TPSA) is 12.0 Å². The molecule has 2 aromatic rings. The zero-order chi connectivity index (χ0) is 10.8. The second-order valence-electron chi connectivity index (χ2n) is 4.31. The molecule has 2 aromatic carbocycles. The Kier molecular flexibility index (Phi) is 2.26. The minimum Gasteiger partial charge on any atom is -0.304 e. The van der Waals surface area contributed by atoms with E-state index in [0.29, 0.717) is 0 Å². The lowest BCUT2D eigenvalue weighted by Gasteiger charge is -2.44. The summed E-state index contributed by atoms with van der Waals surface area (Å²) in [6.45, 7) is 1.10. The monoisotopic (exact) mass is 209 g/mol. The molecular formula is C15H15N. The van der Waals surface area contributed by atoms with E-state index in [0.717, 1.165) is 6.54 Å². The molecule has 1 heteroatoms. The maximum atomic E-state index is 3.59. The summed E-state index contributed by atoms with van der Waals surface area (Å²) in [6, 6.07) is 21.4. The lowest BCUT2D eigenvalue weighted by molar-refractivity contribution is 0.266. The Morgan fingerprint density at radius 3 is 1.50 bits per heavy atom. The zero-order valence-corrected chi connectivity index (χ0v) is 9.19. The molecule has 1 saturated heterocycles. The fourth-order valence-electron chi connectivity index (χ4n) is 2.48. The number of hydrogen-bond donors (Lipinski definition) is 1. The summed E-state index contributed by atoms with van der Waals surface area (Å²) in [5, 5.41) is 3.59. The largest absolute Gasteiger partial charge is 0.304 e. The normalized spacial score (nSPS) is 17.8.